The average molecular weight is 202 g/mol. The molecule has 0 aromatic carbocycles. The van der Waals surface area contributed by atoms with Gasteiger partial charge in [0.05, 0.1) is 0 Å². The van der Waals surface area contributed by atoms with Crippen molar-refractivity contribution < 1.29 is 0 Å². The van der Waals surface area contributed by atoms with E-state index in [1.54, 1.807) is 18.5 Å². The molecule has 0 fully saturated rings. The van der Waals surface area contributed by atoms with Crippen molar-refractivity contribution in [1.29, 1.82) is 0 Å². The maximum Gasteiger partial charge on any atom is 0.223 e. The van der Waals surface area contributed by atoms with Crippen LogP contribution in [-0.4, -0.2) is 24.9 Å². The zero-order valence-corrected chi connectivity index (χ0v) is 8.25. The van der Waals surface area contributed by atoms with Crippen LogP contribution in [0.4, 0.5) is 5.95 Å². The van der Waals surface area contributed by atoms with Crippen molar-refractivity contribution >= 4 is 5.95 Å². The van der Waals surface area contributed by atoms with E-state index >= 15 is 0 Å². The highest BCUT2D eigenvalue weighted by atomic mass is 15.1. The number of hydrogen-bond donors (Lipinski definition) is 1. The first-order valence-electron chi connectivity index (χ1n) is 4.57. The van der Waals surface area contributed by atoms with E-state index in [0.717, 1.165) is 0 Å². The topological polar surface area (TPSA) is 90.5 Å². The van der Waals surface area contributed by atoms with E-state index in [4.69, 9.17) is 5.73 Å². The molecule has 76 valence electrons. The summed E-state index contributed by atoms with van der Waals surface area (Å²) >= 11 is 0. The summed E-state index contributed by atoms with van der Waals surface area (Å²) in [6.07, 6.45) is 3.97. The second-order valence-electron chi connectivity index (χ2n) is 2.86. The van der Waals surface area contributed by atoms with Gasteiger partial charge in [0.15, 0.2) is 5.82 Å². The molecule has 15 heavy (non-hydrogen) atoms. The van der Waals surface area contributed by atoms with Crippen LogP contribution >= 0.6 is 0 Å². The van der Waals surface area contributed by atoms with Crippen molar-refractivity contribution in [3.05, 3.63) is 24.3 Å². The molecule has 0 unspecified atom stereocenters. The monoisotopic (exact) mass is 202 g/mol. The molecule has 0 aliphatic carbocycles. The molecule has 2 N–H and O–H groups in total. The van der Waals surface area contributed by atoms with Crippen LogP contribution in [0.2, 0.25) is 0 Å². The molecule has 6 heteroatoms. The van der Waals surface area contributed by atoms with Gasteiger partial charge in [-0.25, -0.2) is 15.0 Å². The van der Waals surface area contributed by atoms with Crippen LogP contribution in [0.25, 0.3) is 11.6 Å². The first-order valence-corrected chi connectivity index (χ1v) is 4.57. The predicted octanol–water partition coefficient (Wildman–Crippen LogP) is 0.473. The number of anilines is 1. The summed E-state index contributed by atoms with van der Waals surface area (Å²) in [5.74, 6) is 1.72. The number of nitrogens with zero attached hydrogens (tertiary/aromatic N) is 5. The van der Waals surface area contributed by atoms with Crippen LogP contribution in [0.5, 0.6) is 0 Å². The minimum atomic E-state index is 0.198. The smallest absolute Gasteiger partial charge is 0.223 e. The van der Waals surface area contributed by atoms with Crippen LogP contribution in [0.15, 0.2) is 18.5 Å². The fraction of sp³-hybridized carbons (Fsp3) is 0.222. The minimum Gasteiger partial charge on any atom is -0.368 e. The first kappa shape index (κ1) is 9.45. The number of rotatable bonds is 2. The molecule has 0 atom stereocenters. The molecule has 0 aliphatic heterocycles. The third-order valence-electron chi connectivity index (χ3n) is 1.78. The summed E-state index contributed by atoms with van der Waals surface area (Å²) in [7, 11) is 0. The Morgan fingerprint density at radius 2 is 1.80 bits per heavy atom. The number of nitrogen functional groups attached to an aromatic ring is 1. The molecule has 0 spiro atoms. The number of nitrogens with two attached hydrogens (primary N) is 1. The number of aryl methyl sites for hydroxylation is 1. The predicted molar refractivity (Wildman–Crippen MR) is 54.6 cm³/mol. The first-order chi connectivity index (χ1) is 7.29. The Kier molecular flexibility index (Phi) is 2.49. The summed E-state index contributed by atoms with van der Waals surface area (Å²) in [4.78, 5) is 20.2. The lowest BCUT2D eigenvalue weighted by atomic mass is 10.4. The van der Waals surface area contributed by atoms with E-state index in [2.05, 4.69) is 24.9 Å². The lowest BCUT2D eigenvalue weighted by Gasteiger charge is -2.01. The van der Waals surface area contributed by atoms with E-state index in [1.807, 2.05) is 6.92 Å². The maximum absolute atomic E-state index is 5.55. The van der Waals surface area contributed by atoms with Crippen molar-refractivity contribution in [2.45, 2.75) is 13.3 Å². The second-order valence-corrected chi connectivity index (χ2v) is 2.86. The van der Waals surface area contributed by atoms with Gasteiger partial charge in [0, 0.05) is 18.8 Å². The Bertz CT molecular complexity index is 455. The fourth-order valence-electron chi connectivity index (χ4n) is 1.11. The van der Waals surface area contributed by atoms with Crippen molar-refractivity contribution in [2.24, 2.45) is 0 Å². The lowest BCUT2D eigenvalue weighted by molar-refractivity contribution is 0.902. The molecule has 0 radical (unpaired) electrons. The Balaban J connectivity index is 2.49. The molecule has 0 amide bonds. The molecule has 2 aromatic rings. The van der Waals surface area contributed by atoms with Gasteiger partial charge in [0.2, 0.25) is 11.8 Å². The van der Waals surface area contributed by atoms with Crippen LogP contribution in [-0.2, 0) is 6.42 Å². The molecule has 6 nitrogen and oxygen atoms in total. The Hall–Kier alpha value is -2.11. The largest absolute Gasteiger partial charge is 0.368 e. The number of aromatic nitrogens is 5. The van der Waals surface area contributed by atoms with E-state index < -0.39 is 0 Å². The summed E-state index contributed by atoms with van der Waals surface area (Å²) in [6, 6.07) is 1.73. The van der Waals surface area contributed by atoms with E-state index in [0.29, 0.717) is 23.9 Å². The average Bonchev–Trinajstić information content (AvgIpc) is 2.29. The Morgan fingerprint density at radius 1 is 1.07 bits per heavy atom. The van der Waals surface area contributed by atoms with Gasteiger partial charge in [0.25, 0.3) is 0 Å². The van der Waals surface area contributed by atoms with E-state index in [9.17, 15) is 0 Å². The van der Waals surface area contributed by atoms with Crippen LogP contribution < -0.4 is 5.73 Å². The van der Waals surface area contributed by atoms with Crippen molar-refractivity contribution in [1.82, 2.24) is 24.9 Å². The summed E-state index contributed by atoms with van der Waals surface area (Å²) < 4.78 is 0. The summed E-state index contributed by atoms with van der Waals surface area (Å²) in [5, 5.41) is 0. The zero-order chi connectivity index (χ0) is 10.7. The molecular weight excluding hydrogens is 192 g/mol. The van der Waals surface area contributed by atoms with Gasteiger partial charge >= 0.3 is 0 Å². The van der Waals surface area contributed by atoms with E-state index in [1.165, 1.54) is 0 Å². The van der Waals surface area contributed by atoms with Crippen molar-refractivity contribution in [3.8, 4) is 11.6 Å². The van der Waals surface area contributed by atoms with Crippen molar-refractivity contribution in [2.75, 3.05) is 5.73 Å². The Morgan fingerprint density at radius 3 is 2.47 bits per heavy atom. The van der Waals surface area contributed by atoms with Gasteiger partial charge in [-0.2, -0.15) is 9.97 Å². The van der Waals surface area contributed by atoms with Crippen molar-refractivity contribution in [3.63, 3.8) is 0 Å². The molecule has 0 saturated carbocycles. The molecule has 0 bridgehead atoms. The Labute approximate surface area is 86.7 Å². The molecule has 2 heterocycles. The highest BCUT2D eigenvalue weighted by Crippen LogP contribution is 2.08. The maximum atomic E-state index is 5.55. The van der Waals surface area contributed by atoms with Gasteiger partial charge < -0.3 is 5.73 Å². The van der Waals surface area contributed by atoms with Gasteiger partial charge in [-0.3, -0.25) is 0 Å². The highest BCUT2D eigenvalue weighted by Gasteiger charge is 2.07. The molecule has 0 aliphatic rings. The molecule has 2 rings (SSSR count). The molecule has 2 aromatic heterocycles. The van der Waals surface area contributed by atoms with Crippen LogP contribution in [0, 0.1) is 0 Å². The second kappa shape index (κ2) is 3.95. The fourth-order valence-corrected chi connectivity index (χ4v) is 1.11. The summed E-state index contributed by atoms with van der Waals surface area (Å²) in [6.45, 7) is 1.95. The van der Waals surface area contributed by atoms with Gasteiger partial charge in [-0.15, -0.1) is 0 Å². The molecular formula is C9H10N6. The zero-order valence-electron chi connectivity index (χ0n) is 8.25. The quantitative estimate of drug-likeness (QED) is 0.761. The molecule has 0 saturated heterocycles. The van der Waals surface area contributed by atoms with Crippen LogP contribution in [0.1, 0.15) is 12.7 Å². The van der Waals surface area contributed by atoms with Gasteiger partial charge in [-0.1, -0.05) is 6.92 Å². The third kappa shape index (κ3) is 2.04. The normalized spacial score (nSPS) is 10.2. The van der Waals surface area contributed by atoms with Gasteiger partial charge in [-0.05, 0) is 6.07 Å². The number of hydrogen-bond acceptors (Lipinski definition) is 6. The van der Waals surface area contributed by atoms with Gasteiger partial charge in [0.1, 0.15) is 5.82 Å². The SMILES string of the molecule is CCc1nc(N)nc(-c2ncccn2)n1. The minimum absolute atomic E-state index is 0.198. The highest BCUT2D eigenvalue weighted by molar-refractivity contribution is 5.43. The lowest BCUT2D eigenvalue weighted by Crippen LogP contribution is -2.05. The van der Waals surface area contributed by atoms with E-state index in [-0.39, 0.29) is 5.95 Å². The van der Waals surface area contributed by atoms with Crippen LogP contribution in [0.3, 0.4) is 0 Å². The summed E-state index contributed by atoms with van der Waals surface area (Å²) in [5.41, 5.74) is 5.55. The third-order valence-corrected chi connectivity index (χ3v) is 1.78. The standard InChI is InChI=1S/C9H10N6/c1-2-6-13-8(15-9(10)14-6)7-11-4-3-5-12-7/h3-5H,2H2,1H3,(H2,10,13,14,15).